The van der Waals surface area contributed by atoms with E-state index in [4.69, 9.17) is 16.3 Å². The third kappa shape index (κ3) is 3.62. The topological polar surface area (TPSA) is 9.23 Å². The molecule has 0 heterocycles. The van der Waals surface area contributed by atoms with Gasteiger partial charge in [-0.05, 0) is 35.3 Å². The molecule has 0 atom stereocenters. The van der Waals surface area contributed by atoms with Gasteiger partial charge in [0.05, 0.1) is 7.11 Å². The van der Waals surface area contributed by atoms with Crippen LogP contribution in [0, 0.1) is 0 Å². The monoisotopic (exact) mass is 272 g/mol. The molecule has 98 valence electrons. The van der Waals surface area contributed by atoms with Crippen molar-refractivity contribution in [3.63, 3.8) is 0 Å². The maximum Gasteiger partial charge on any atom is 0.118 e. The van der Waals surface area contributed by atoms with Gasteiger partial charge in [-0.15, -0.1) is 11.6 Å². The molecule has 2 aromatic carbocycles. The van der Waals surface area contributed by atoms with Crippen LogP contribution in [0.2, 0.25) is 0 Å². The minimum atomic E-state index is 0.631. The fourth-order valence-corrected chi connectivity index (χ4v) is 2.10. The average molecular weight is 273 g/mol. The Morgan fingerprint density at radius 2 is 1.63 bits per heavy atom. The predicted octanol–water partition coefficient (Wildman–Crippen LogP) is 4.76. The number of methoxy groups -OCH3 is 1. The fraction of sp³-hybridized carbons (Fsp3) is 0.176. The number of halogens is 1. The highest BCUT2D eigenvalue weighted by atomic mass is 35.5. The number of benzene rings is 2. The van der Waals surface area contributed by atoms with Crippen LogP contribution >= 0.6 is 11.6 Å². The Morgan fingerprint density at radius 1 is 1.00 bits per heavy atom. The van der Waals surface area contributed by atoms with Crippen LogP contribution in [0.3, 0.4) is 0 Å². The van der Waals surface area contributed by atoms with Crippen molar-refractivity contribution in [2.24, 2.45) is 0 Å². The summed E-state index contributed by atoms with van der Waals surface area (Å²) in [5, 5.41) is 0. The van der Waals surface area contributed by atoms with E-state index in [2.05, 4.69) is 30.3 Å². The smallest absolute Gasteiger partial charge is 0.118 e. The van der Waals surface area contributed by atoms with Gasteiger partial charge in [-0.2, -0.15) is 0 Å². The highest BCUT2D eigenvalue weighted by Gasteiger charge is 2.04. The molecule has 2 aromatic rings. The van der Waals surface area contributed by atoms with Gasteiger partial charge in [-0.1, -0.05) is 48.5 Å². The summed E-state index contributed by atoms with van der Waals surface area (Å²) in [5.41, 5.74) is 3.60. The first-order chi connectivity index (χ1) is 9.35. The van der Waals surface area contributed by atoms with Crippen LogP contribution in [0.4, 0.5) is 0 Å². The van der Waals surface area contributed by atoms with E-state index in [0.717, 1.165) is 12.2 Å². The second-order valence-electron chi connectivity index (χ2n) is 4.19. The number of alkyl halides is 1. The van der Waals surface area contributed by atoms with E-state index >= 15 is 0 Å². The summed E-state index contributed by atoms with van der Waals surface area (Å²) in [7, 11) is 1.68. The Bertz CT molecular complexity index is 529. The summed E-state index contributed by atoms with van der Waals surface area (Å²) in [4.78, 5) is 0. The van der Waals surface area contributed by atoms with Crippen molar-refractivity contribution in [1.29, 1.82) is 0 Å². The molecule has 1 nitrogen and oxygen atoms in total. The van der Waals surface area contributed by atoms with E-state index < -0.39 is 0 Å². The average Bonchev–Trinajstić information content (AvgIpc) is 2.49. The first-order valence-electron chi connectivity index (χ1n) is 6.31. The van der Waals surface area contributed by atoms with Crippen molar-refractivity contribution in [3.8, 4) is 5.75 Å². The number of ether oxygens (including phenoxy) is 1. The third-order valence-electron chi connectivity index (χ3n) is 2.94. The van der Waals surface area contributed by atoms with Crippen LogP contribution in [-0.2, 0) is 0 Å². The van der Waals surface area contributed by atoms with Gasteiger partial charge < -0.3 is 4.74 Å². The molecule has 0 spiro atoms. The van der Waals surface area contributed by atoms with Crippen LogP contribution in [0.15, 0.2) is 60.7 Å². The number of hydrogen-bond donors (Lipinski definition) is 0. The lowest BCUT2D eigenvalue weighted by molar-refractivity contribution is 0.415. The van der Waals surface area contributed by atoms with E-state index in [-0.39, 0.29) is 0 Å². The van der Waals surface area contributed by atoms with Gasteiger partial charge >= 0.3 is 0 Å². The van der Waals surface area contributed by atoms with Crippen LogP contribution in [0.1, 0.15) is 17.5 Å². The number of rotatable bonds is 5. The molecule has 0 unspecified atom stereocenters. The van der Waals surface area contributed by atoms with Crippen molar-refractivity contribution >= 4 is 17.2 Å². The molecule has 0 saturated carbocycles. The molecule has 0 saturated heterocycles. The summed E-state index contributed by atoms with van der Waals surface area (Å²) < 4.78 is 5.20. The van der Waals surface area contributed by atoms with E-state index in [9.17, 15) is 0 Å². The van der Waals surface area contributed by atoms with Crippen LogP contribution < -0.4 is 4.74 Å². The molecule has 19 heavy (non-hydrogen) atoms. The lowest BCUT2D eigenvalue weighted by atomic mass is 9.97. The zero-order chi connectivity index (χ0) is 13.5. The van der Waals surface area contributed by atoms with Gasteiger partial charge in [0.1, 0.15) is 5.75 Å². The Morgan fingerprint density at radius 3 is 2.21 bits per heavy atom. The molecule has 0 bridgehead atoms. The maximum atomic E-state index is 5.80. The minimum absolute atomic E-state index is 0.631. The van der Waals surface area contributed by atoms with E-state index in [1.165, 1.54) is 16.7 Å². The Labute approximate surface area is 119 Å². The molecular weight excluding hydrogens is 256 g/mol. The molecule has 2 heteroatoms. The van der Waals surface area contributed by atoms with Crippen LogP contribution in [-0.4, -0.2) is 13.0 Å². The molecule has 0 aliphatic heterocycles. The van der Waals surface area contributed by atoms with Gasteiger partial charge in [0, 0.05) is 5.88 Å². The van der Waals surface area contributed by atoms with Crippen LogP contribution in [0.25, 0.3) is 5.57 Å². The first kappa shape index (κ1) is 13.7. The quantitative estimate of drug-likeness (QED) is 0.714. The maximum absolute atomic E-state index is 5.80. The molecule has 0 amide bonds. The van der Waals surface area contributed by atoms with Gasteiger partial charge in [0.15, 0.2) is 0 Å². The highest BCUT2D eigenvalue weighted by Crippen LogP contribution is 2.25. The summed E-state index contributed by atoms with van der Waals surface area (Å²) in [5.74, 6) is 1.50. The molecule has 0 aliphatic carbocycles. The third-order valence-corrected chi connectivity index (χ3v) is 3.16. The van der Waals surface area contributed by atoms with E-state index in [1.807, 2.05) is 30.3 Å². The van der Waals surface area contributed by atoms with Gasteiger partial charge in [-0.25, -0.2) is 0 Å². The second-order valence-corrected chi connectivity index (χ2v) is 4.57. The van der Waals surface area contributed by atoms with E-state index in [1.54, 1.807) is 7.11 Å². The molecule has 0 N–H and O–H groups in total. The van der Waals surface area contributed by atoms with Crippen molar-refractivity contribution in [3.05, 3.63) is 71.8 Å². The number of hydrogen-bond acceptors (Lipinski definition) is 1. The first-order valence-corrected chi connectivity index (χ1v) is 6.84. The standard InChI is InChI=1S/C17H17ClO/c1-19-16-11-9-15(10-12-16)17(8-5-13-18)14-6-3-2-4-7-14/h2-4,6-12H,5,13H2,1H3. The molecule has 0 fully saturated rings. The molecule has 0 aromatic heterocycles. The normalized spacial score (nSPS) is 11.4. The van der Waals surface area contributed by atoms with Gasteiger partial charge in [0.25, 0.3) is 0 Å². The van der Waals surface area contributed by atoms with Crippen molar-refractivity contribution in [1.82, 2.24) is 0 Å². The van der Waals surface area contributed by atoms with Gasteiger partial charge in [0.2, 0.25) is 0 Å². The lowest BCUT2D eigenvalue weighted by Gasteiger charge is -2.09. The Hall–Kier alpha value is -1.73. The lowest BCUT2D eigenvalue weighted by Crippen LogP contribution is -1.89. The van der Waals surface area contributed by atoms with E-state index in [0.29, 0.717) is 5.88 Å². The SMILES string of the molecule is COc1ccc(C(=CCCCl)c2ccccc2)cc1. The molecule has 0 aliphatic rings. The minimum Gasteiger partial charge on any atom is -0.497 e. The molecule has 2 rings (SSSR count). The summed E-state index contributed by atoms with van der Waals surface area (Å²) >= 11 is 5.80. The highest BCUT2D eigenvalue weighted by molar-refractivity contribution is 6.18. The largest absolute Gasteiger partial charge is 0.497 e. The fourth-order valence-electron chi connectivity index (χ4n) is 1.99. The molecular formula is C17H17ClO. The van der Waals surface area contributed by atoms with Crippen molar-refractivity contribution < 1.29 is 4.74 Å². The Balaban J connectivity index is 2.37. The number of allylic oxidation sites excluding steroid dienone is 1. The zero-order valence-electron chi connectivity index (χ0n) is 11.0. The van der Waals surface area contributed by atoms with Crippen molar-refractivity contribution in [2.75, 3.05) is 13.0 Å². The van der Waals surface area contributed by atoms with Crippen molar-refractivity contribution in [2.45, 2.75) is 6.42 Å². The van der Waals surface area contributed by atoms with Gasteiger partial charge in [-0.3, -0.25) is 0 Å². The van der Waals surface area contributed by atoms with Crippen LogP contribution in [0.5, 0.6) is 5.75 Å². The summed E-state index contributed by atoms with van der Waals surface area (Å²) in [6.45, 7) is 0. The second kappa shape index (κ2) is 7.01. The predicted molar refractivity (Wildman–Crippen MR) is 81.9 cm³/mol. The summed E-state index contributed by atoms with van der Waals surface area (Å²) in [6, 6.07) is 18.5. The zero-order valence-corrected chi connectivity index (χ0v) is 11.7. The Kier molecular flexibility index (Phi) is 5.05. The molecule has 0 radical (unpaired) electrons. The summed E-state index contributed by atoms with van der Waals surface area (Å²) in [6.07, 6.45) is 3.04.